The maximum Gasteiger partial charge on any atom is 0.0449 e. The lowest BCUT2D eigenvalue weighted by molar-refractivity contribution is 0.289. The fraction of sp³-hybridized carbons (Fsp3) is 0.600. The summed E-state index contributed by atoms with van der Waals surface area (Å²) in [7, 11) is 0. The van der Waals surface area contributed by atoms with Gasteiger partial charge in [0.1, 0.15) is 0 Å². The maximum absolute atomic E-state index is 6.28. The fourth-order valence-electron chi connectivity index (χ4n) is 1.75. The summed E-state index contributed by atoms with van der Waals surface area (Å²) >= 11 is 9.71. The molecular weight excluding hydrogens is 310 g/mol. The lowest BCUT2D eigenvalue weighted by Gasteiger charge is -2.31. The first kappa shape index (κ1) is 16.0. The van der Waals surface area contributed by atoms with E-state index < -0.39 is 0 Å². The maximum atomic E-state index is 6.28. The van der Waals surface area contributed by atoms with E-state index in [0.717, 1.165) is 22.5 Å². The second-order valence-electron chi connectivity index (χ2n) is 6.68. The van der Waals surface area contributed by atoms with Crippen molar-refractivity contribution in [2.45, 2.75) is 46.6 Å². The highest BCUT2D eigenvalue weighted by Crippen LogP contribution is 2.28. The molecule has 1 N–H and O–H groups in total. The van der Waals surface area contributed by atoms with Gasteiger partial charge in [-0.3, -0.25) is 0 Å². The van der Waals surface area contributed by atoms with E-state index in [0.29, 0.717) is 0 Å². The minimum Gasteiger partial charge on any atom is -0.312 e. The quantitative estimate of drug-likeness (QED) is 0.812. The molecule has 0 aliphatic heterocycles. The van der Waals surface area contributed by atoms with Crippen molar-refractivity contribution in [3.8, 4) is 0 Å². The van der Waals surface area contributed by atoms with Crippen molar-refractivity contribution in [2.75, 3.05) is 6.54 Å². The average molecular weight is 333 g/mol. The molecular formula is C15H23BrClN. The van der Waals surface area contributed by atoms with Gasteiger partial charge >= 0.3 is 0 Å². The summed E-state index contributed by atoms with van der Waals surface area (Å²) in [6.45, 7) is 12.1. The number of hydrogen-bond acceptors (Lipinski definition) is 1. The van der Waals surface area contributed by atoms with Gasteiger partial charge in [0.25, 0.3) is 0 Å². The highest BCUT2D eigenvalue weighted by atomic mass is 79.9. The van der Waals surface area contributed by atoms with Crippen LogP contribution in [0, 0.1) is 5.41 Å². The molecule has 1 aromatic carbocycles. The molecule has 102 valence electrons. The molecule has 1 nitrogen and oxygen atoms in total. The standard InChI is InChI=1S/C15H23BrClN/c1-14(2,3)18-10-15(4,5)9-11-6-7-12(16)8-13(11)17/h6-8,18H,9-10H2,1-5H3. The van der Waals surface area contributed by atoms with Crippen LogP contribution in [0.25, 0.3) is 0 Å². The van der Waals surface area contributed by atoms with Crippen LogP contribution in [-0.2, 0) is 6.42 Å². The molecule has 1 aromatic rings. The number of halogens is 2. The normalized spacial score (nSPS) is 12.8. The molecule has 18 heavy (non-hydrogen) atoms. The molecule has 0 heterocycles. The summed E-state index contributed by atoms with van der Waals surface area (Å²) in [5.41, 5.74) is 1.55. The summed E-state index contributed by atoms with van der Waals surface area (Å²) in [4.78, 5) is 0. The Labute approximate surface area is 124 Å². The Morgan fingerprint density at radius 2 is 1.78 bits per heavy atom. The van der Waals surface area contributed by atoms with Gasteiger partial charge in [-0.05, 0) is 50.3 Å². The molecule has 0 radical (unpaired) electrons. The predicted octanol–water partition coefficient (Wildman–Crippen LogP) is 5.06. The van der Waals surface area contributed by atoms with Gasteiger partial charge in [0, 0.05) is 21.6 Å². The third kappa shape index (κ3) is 5.73. The van der Waals surface area contributed by atoms with E-state index in [-0.39, 0.29) is 11.0 Å². The Morgan fingerprint density at radius 3 is 2.28 bits per heavy atom. The summed E-state index contributed by atoms with van der Waals surface area (Å²) in [5, 5.41) is 4.40. The Balaban J connectivity index is 2.70. The van der Waals surface area contributed by atoms with Crippen molar-refractivity contribution in [3.63, 3.8) is 0 Å². The van der Waals surface area contributed by atoms with Gasteiger partial charge in [-0.25, -0.2) is 0 Å². The zero-order valence-corrected chi connectivity index (χ0v) is 14.2. The molecule has 0 aliphatic carbocycles. The van der Waals surface area contributed by atoms with Gasteiger partial charge in [0.2, 0.25) is 0 Å². The second-order valence-corrected chi connectivity index (χ2v) is 8.00. The van der Waals surface area contributed by atoms with Crippen molar-refractivity contribution in [2.24, 2.45) is 5.41 Å². The minimum atomic E-state index is 0.154. The van der Waals surface area contributed by atoms with Gasteiger partial charge in [0.15, 0.2) is 0 Å². The van der Waals surface area contributed by atoms with Crippen LogP contribution in [0.3, 0.4) is 0 Å². The number of rotatable bonds is 4. The Hall–Kier alpha value is -0.0500. The minimum absolute atomic E-state index is 0.154. The molecule has 0 amide bonds. The zero-order chi connectivity index (χ0) is 14.0. The van der Waals surface area contributed by atoms with Gasteiger partial charge in [-0.15, -0.1) is 0 Å². The van der Waals surface area contributed by atoms with Gasteiger partial charge in [-0.2, -0.15) is 0 Å². The zero-order valence-electron chi connectivity index (χ0n) is 11.9. The Kier molecular flexibility index (Phi) is 5.28. The summed E-state index contributed by atoms with van der Waals surface area (Å²) < 4.78 is 1.03. The summed E-state index contributed by atoms with van der Waals surface area (Å²) in [6.07, 6.45) is 0.974. The van der Waals surface area contributed by atoms with Crippen LogP contribution in [-0.4, -0.2) is 12.1 Å². The Morgan fingerprint density at radius 1 is 1.17 bits per heavy atom. The molecule has 0 bridgehead atoms. The largest absolute Gasteiger partial charge is 0.312 e. The third-order valence-electron chi connectivity index (χ3n) is 2.78. The fourth-order valence-corrected chi connectivity index (χ4v) is 2.49. The second kappa shape index (κ2) is 5.94. The summed E-state index contributed by atoms with van der Waals surface area (Å²) in [6, 6.07) is 6.11. The van der Waals surface area contributed by atoms with Crippen molar-refractivity contribution < 1.29 is 0 Å². The van der Waals surface area contributed by atoms with E-state index in [4.69, 9.17) is 11.6 Å². The summed E-state index contributed by atoms with van der Waals surface area (Å²) in [5.74, 6) is 0. The smallest absolute Gasteiger partial charge is 0.0449 e. The van der Waals surface area contributed by atoms with E-state index in [9.17, 15) is 0 Å². The van der Waals surface area contributed by atoms with Crippen molar-refractivity contribution >= 4 is 27.5 Å². The number of nitrogens with one attached hydrogen (secondary N) is 1. The first-order valence-corrected chi connectivity index (χ1v) is 7.45. The first-order valence-electron chi connectivity index (χ1n) is 6.28. The van der Waals surface area contributed by atoms with Crippen molar-refractivity contribution in [3.05, 3.63) is 33.3 Å². The van der Waals surface area contributed by atoms with Crippen LogP contribution < -0.4 is 5.32 Å². The lowest BCUT2D eigenvalue weighted by Crippen LogP contribution is -2.42. The lowest BCUT2D eigenvalue weighted by atomic mass is 9.85. The highest BCUT2D eigenvalue weighted by Gasteiger charge is 2.22. The molecule has 0 aliphatic rings. The van der Waals surface area contributed by atoms with Gasteiger partial charge < -0.3 is 5.32 Å². The van der Waals surface area contributed by atoms with Gasteiger partial charge in [0.05, 0.1) is 0 Å². The Bertz CT molecular complexity index is 407. The van der Waals surface area contributed by atoms with E-state index >= 15 is 0 Å². The van der Waals surface area contributed by atoms with E-state index in [1.165, 1.54) is 5.56 Å². The average Bonchev–Trinajstić information content (AvgIpc) is 2.19. The number of hydrogen-bond donors (Lipinski definition) is 1. The van der Waals surface area contributed by atoms with Crippen LogP contribution in [0.4, 0.5) is 0 Å². The van der Waals surface area contributed by atoms with E-state index in [1.54, 1.807) is 0 Å². The number of benzene rings is 1. The van der Waals surface area contributed by atoms with Crippen LogP contribution in [0.1, 0.15) is 40.2 Å². The molecule has 0 saturated heterocycles. The van der Waals surface area contributed by atoms with E-state index in [2.05, 4.69) is 68.0 Å². The van der Waals surface area contributed by atoms with Crippen molar-refractivity contribution in [1.82, 2.24) is 5.32 Å². The monoisotopic (exact) mass is 331 g/mol. The molecule has 1 rings (SSSR count). The van der Waals surface area contributed by atoms with Crippen LogP contribution in [0.2, 0.25) is 5.02 Å². The molecule has 3 heteroatoms. The van der Waals surface area contributed by atoms with Crippen molar-refractivity contribution in [1.29, 1.82) is 0 Å². The molecule has 0 unspecified atom stereocenters. The molecule has 0 spiro atoms. The molecule has 0 atom stereocenters. The predicted molar refractivity (Wildman–Crippen MR) is 84.4 cm³/mol. The van der Waals surface area contributed by atoms with Crippen LogP contribution in [0.5, 0.6) is 0 Å². The highest BCUT2D eigenvalue weighted by molar-refractivity contribution is 9.10. The SMILES string of the molecule is CC(C)(CNC(C)(C)C)Cc1ccc(Br)cc1Cl. The van der Waals surface area contributed by atoms with Crippen LogP contribution in [0.15, 0.2) is 22.7 Å². The topological polar surface area (TPSA) is 12.0 Å². The molecule has 0 saturated carbocycles. The molecule has 0 fully saturated rings. The third-order valence-corrected chi connectivity index (χ3v) is 3.63. The van der Waals surface area contributed by atoms with Gasteiger partial charge in [-0.1, -0.05) is 47.4 Å². The van der Waals surface area contributed by atoms with Crippen LogP contribution >= 0.6 is 27.5 Å². The van der Waals surface area contributed by atoms with E-state index in [1.807, 2.05) is 6.07 Å². The molecule has 0 aromatic heterocycles. The first-order chi connectivity index (χ1) is 8.09.